The highest BCUT2D eigenvalue weighted by Gasteiger charge is 2.09. The molecular formula is C24H28N2O5. The number of carbonyl (C=O) groups excluding carboxylic acids is 1. The Morgan fingerprint density at radius 2 is 1.81 bits per heavy atom. The Hall–Kier alpha value is -3.48. The van der Waals surface area contributed by atoms with Crippen molar-refractivity contribution in [3.63, 3.8) is 0 Å². The monoisotopic (exact) mass is 424 g/mol. The maximum absolute atomic E-state index is 12.2. The average molecular weight is 424 g/mol. The predicted octanol–water partition coefficient (Wildman–Crippen LogP) is 3.08. The van der Waals surface area contributed by atoms with Crippen LogP contribution in [0.25, 0.3) is 10.9 Å². The first-order valence-corrected chi connectivity index (χ1v) is 10.2. The van der Waals surface area contributed by atoms with Gasteiger partial charge in [0.05, 0.1) is 19.7 Å². The van der Waals surface area contributed by atoms with E-state index in [1.165, 1.54) is 0 Å². The molecule has 0 bridgehead atoms. The highest BCUT2D eigenvalue weighted by Crippen LogP contribution is 2.27. The molecule has 3 rings (SSSR count). The second-order valence-corrected chi connectivity index (χ2v) is 7.17. The number of pyridine rings is 1. The van der Waals surface area contributed by atoms with Crippen LogP contribution in [0.5, 0.6) is 17.2 Å². The molecule has 0 radical (unpaired) electrons. The van der Waals surface area contributed by atoms with Crippen LogP contribution in [0.4, 0.5) is 0 Å². The molecule has 3 aromatic rings. The smallest absolute Gasteiger partial charge is 0.257 e. The van der Waals surface area contributed by atoms with E-state index < -0.39 is 0 Å². The van der Waals surface area contributed by atoms with Crippen molar-refractivity contribution in [1.82, 2.24) is 9.88 Å². The third-order valence-electron chi connectivity index (χ3n) is 5.16. The number of rotatable bonds is 9. The Morgan fingerprint density at radius 3 is 2.52 bits per heavy atom. The second-order valence-electron chi connectivity index (χ2n) is 7.17. The number of hydrogen-bond donors (Lipinski definition) is 1. The molecule has 1 amide bonds. The zero-order chi connectivity index (χ0) is 22.4. The van der Waals surface area contributed by atoms with Gasteiger partial charge in [0.1, 0.15) is 5.75 Å². The van der Waals surface area contributed by atoms with Crippen LogP contribution in [-0.4, -0.2) is 37.8 Å². The fourth-order valence-electron chi connectivity index (χ4n) is 3.53. The van der Waals surface area contributed by atoms with Crippen LogP contribution in [-0.2, 0) is 17.8 Å². The van der Waals surface area contributed by atoms with Crippen LogP contribution >= 0.6 is 0 Å². The topological polar surface area (TPSA) is 78.8 Å². The Balaban J connectivity index is 1.57. The van der Waals surface area contributed by atoms with Gasteiger partial charge in [0.15, 0.2) is 18.1 Å². The molecular weight excluding hydrogens is 396 g/mol. The normalized spacial score (nSPS) is 10.7. The molecule has 31 heavy (non-hydrogen) atoms. The highest BCUT2D eigenvalue weighted by molar-refractivity contribution is 5.84. The van der Waals surface area contributed by atoms with Crippen molar-refractivity contribution in [3.8, 4) is 17.2 Å². The summed E-state index contributed by atoms with van der Waals surface area (Å²) in [7, 11) is 3.19. The van der Waals surface area contributed by atoms with Crippen LogP contribution < -0.4 is 25.1 Å². The van der Waals surface area contributed by atoms with E-state index in [0.717, 1.165) is 22.0 Å². The van der Waals surface area contributed by atoms with Crippen LogP contribution in [0.2, 0.25) is 0 Å². The van der Waals surface area contributed by atoms with Crippen molar-refractivity contribution >= 4 is 16.8 Å². The summed E-state index contributed by atoms with van der Waals surface area (Å²) in [4.78, 5) is 24.4. The molecule has 0 saturated heterocycles. The fraction of sp³-hybridized carbons (Fsp3) is 0.333. The molecule has 0 saturated carbocycles. The standard InChI is InChI=1S/C24H28N2O5/c1-5-26-20-14-18(7-8-19(20)16(2)12-24(26)28)31-15-23(27)25-11-10-17-6-9-21(29-3)22(13-17)30-4/h6-9,12-14H,5,10-11,15H2,1-4H3,(H,25,27). The molecule has 7 heteroatoms. The van der Waals surface area contributed by atoms with Gasteiger partial charge in [-0.15, -0.1) is 0 Å². The van der Waals surface area contributed by atoms with E-state index in [1.54, 1.807) is 24.9 Å². The molecule has 7 nitrogen and oxygen atoms in total. The summed E-state index contributed by atoms with van der Waals surface area (Å²) < 4.78 is 17.9. The lowest BCUT2D eigenvalue weighted by atomic mass is 10.1. The lowest BCUT2D eigenvalue weighted by Crippen LogP contribution is -2.30. The van der Waals surface area contributed by atoms with Crippen molar-refractivity contribution in [2.24, 2.45) is 0 Å². The first kappa shape index (κ1) is 22.2. The van der Waals surface area contributed by atoms with Gasteiger partial charge in [-0.3, -0.25) is 9.59 Å². The highest BCUT2D eigenvalue weighted by atomic mass is 16.5. The van der Waals surface area contributed by atoms with Gasteiger partial charge in [0.2, 0.25) is 0 Å². The third-order valence-corrected chi connectivity index (χ3v) is 5.16. The largest absolute Gasteiger partial charge is 0.493 e. The number of carbonyl (C=O) groups is 1. The van der Waals surface area contributed by atoms with Gasteiger partial charge in [-0.1, -0.05) is 6.07 Å². The molecule has 1 heterocycles. The van der Waals surface area contributed by atoms with E-state index in [9.17, 15) is 9.59 Å². The minimum Gasteiger partial charge on any atom is -0.493 e. The zero-order valence-electron chi connectivity index (χ0n) is 18.4. The molecule has 0 fully saturated rings. The van der Waals surface area contributed by atoms with Crippen LogP contribution in [0.1, 0.15) is 18.1 Å². The van der Waals surface area contributed by atoms with Crippen LogP contribution in [0.15, 0.2) is 47.3 Å². The van der Waals surface area contributed by atoms with E-state index in [4.69, 9.17) is 14.2 Å². The molecule has 0 unspecified atom stereocenters. The van der Waals surface area contributed by atoms with Gasteiger partial charge in [0.25, 0.3) is 11.5 Å². The van der Waals surface area contributed by atoms with Gasteiger partial charge < -0.3 is 24.1 Å². The maximum atomic E-state index is 12.2. The molecule has 0 aliphatic rings. The maximum Gasteiger partial charge on any atom is 0.257 e. The Morgan fingerprint density at radius 1 is 1.03 bits per heavy atom. The SMILES string of the molecule is CCn1c(=O)cc(C)c2ccc(OCC(=O)NCCc3ccc(OC)c(OC)c3)cc21. The van der Waals surface area contributed by atoms with Gasteiger partial charge in [0, 0.05) is 30.6 Å². The summed E-state index contributed by atoms with van der Waals surface area (Å²) in [6.07, 6.45) is 0.657. The number of ether oxygens (including phenoxy) is 3. The lowest BCUT2D eigenvalue weighted by molar-refractivity contribution is -0.123. The number of aryl methyl sites for hydroxylation is 2. The van der Waals surface area contributed by atoms with E-state index >= 15 is 0 Å². The van der Waals surface area contributed by atoms with Crippen molar-refractivity contribution in [2.45, 2.75) is 26.8 Å². The fourth-order valence-corrected chi connectivity index (χ4v) is 3.53. The number of methoxy groups -OCH3 is 2. The van der Waals surface area contributed by atoms with Crippen molar-refractivity contribution in [2.75, 3.05) is 27.4 Å². The van der Waals surface area contributed by atoms with E-state index in [0.29, 0.717) is 36.8 Å². The third kappa shape index (κ3) is 5.17. The number of aromatic nitrogens is 1. The molecule has 2 aromatic carbocycles. The molecule has 1 N–H and O–H groups in total. The first-order valence-electron chi connectivity index (χ1n) is 10.2. The number of amides is 1. The molecule has 0 aliphatic heterocycles. The predicted molar refractivity (Wildman–Crippen MR) is 120 cm³/mol. The summed E-state index contributed by atoms with van der Waals surface area (Å²) in [5.74, 6) is 1.67. The molecule has 164 valence electrons. The Bertz CT molecular complexity index is 1140. The molecule has 0 atom stereocenters. The van der Waals surface area contributed by atoms with Crippen molar-refractivity contribution in [1.29, 1.82) is 0 Å². The number of hydrogen-bond acceptors (Lipinski definition) is 5. The van der Waals surface area contributed by atoms with Gasteiger partial charge in [-0.2, -0.15) is 0 Å². The summed E-state index contributed by atoms with van der Waals surface area (Å²) in [5.41, 5.74) is 2.71. The first-order chi connectivity index (χ1) is 15.0. The summed E-state index contributed by atoms with van der Waals surface area (Å²) in [5, 5.41) is 3.85. The average Bonchev–Trinajstić information content (AvgIpc) is 2.77. The quantitative estimate of drug-likeness (QED) is 0.571. The summed E-state index contributed by atoms with van der Waals surface area (Å²) in [6, 6.07) is 12.9. The minimum atomic E-state index is -0.210. The van der Waals surface area contributed by atoms with Crippen molar-refractivity contribution < 1.29 is 19.0 Å². The number of nitrogens with one attached hydrogen (secondary N) is 1. The molecule has 1 aromatic heterocycles. The van der Waals surface area contributed by atoms with Gasteiger partial charge in [-0.05, 0) is 55.7 Å². The number of fused-ring (bicyclic) bond motifs is 1. The summed E-state index contributed by atoms with van der Waals surface area (Å²) >= 11 is 0. The van der Waals surface area contributed by atoms with Crippen LogP contribution in [0.3, 0.4) is 0 Å². The van der Waals surface area contributed by atoms with Gasteiger partial charge >= 0.3 is 0 Å². The number of benzene rings is 2. The van der Waals surface area contributed by atoms with Gasteiger partial charge in [-0.25, -0.2) is 0 Å². The zero-order valence-corrected chi connectivity index (χ0v) is 18.4. The van der Waals surface area contributed by atoms with Crippen molar-refractivity contribution in [3.05, 3.63) is 63.9 Å². The number of nitrogens with zero attached hydrogens (tertiary/aromatic N) is 1. The Kier molecular flexibility index (Phi) is 7.18. The second kappa shape index (κ2) is 10.0. The van der Waals surface area contributed by atoms with E-state index in [2.05, 4.69) is 5.32 Å². The minimum absolute atomic E-state index is 0.0439. The molecule has 0 aliphatic carbocycles. The lowest BCUT2D eigenvalue weighted by Gasteiger charge is -2.13. The van der Waals surface area contributed by atoms with E-state index in [1.807, 2.05) is 50.2 Å². The molecule has 0 spiro atoms. The summed E-state index contributed by atoms with van der Waals surface area (Å²) in [6.45, 7) is 4.78. The Labute approximate surface area is 181 Å². The van der Waals surface area contributed by atoms with Crippen LogP contribution in [0, 0.1) is 6.92 Å². The van der Waals surface area contributed by atoms with E-state index in [-0.39, 0.29) is 18.1 Å².